The third-order valence-corrected chi connectivity index (χ3v) is 5.33. The summed E-state index contributed by atoms with van der Waals surface area (Å²) in [5.41, 5.74) is 1.63. The van der Waals surface area contributed by atoms with Crippen molar-refractivity contribution in [2.75, 3.05) is 63.9 Å². The number of rotatable bonds is 5. The fraction of sp³-hybridized carbons (Fsp3) is 0.409. The molecular weight excluding hydrogens is 366 g/mol. The summed E-state index contributed by atoms with van der Waals surface area (Å²) >= 11 is 0. The highest BCUT2D eigenvalue weighted by atomic mass is 16.5. The van der Waals surface area contributed by atoms with Gasteiger partial charge in [-0.25, -0.2) is 9.97 Å². The minimum absolute atomic E-state index is 0.0672. The van der Waals surface area contributed by atoms with Gasteiger partial charge < -0.3 is 14.5 Å². The van der Waals surface area contributed by atoms with Crippen molar-refractivity contribution in [3.8, 4) is 0 Å². The van der Waals surface area contributed by atoms with Crippen molar-refractivity contribution in [1.82, 2.24) is 19.8 Å². The maximum absolute atomic E-state index is 12.5. The molecule has 1 aromatic heterocycles. The van der Waals surface area contributed by atoms with Crippen molar-refractivity contribution in [2.45, 2.75) is 0 Å². The van der Waals surface area contributed by atoms with Crippen molar-refractivity contribution in [3.05, 3.63) is 60.1 Å². The summed E-state index contributed by atoms with van der Waals surface area (Å²) in [7, 11) is 0. The zero-order valence-corrected chi connectivity index (χ0v) is 16.6. The van der Waals surface area contributed by atoms with Gasteiger partial charge in [0.1, 0.15) is 11.5 Å². The Balaban J connectivity index is 1.26. The first-order valence-corrected chi connectivity index (χ1v) is 10.2. The number of carbonyl (C=O) groups is 1. The molecule has 3 heterocycles. The Morgan fingerprint density at radius 3 is 2.41 bits per heavy atom. The summed E-state index contributed by atoms with van der Waals surface area (Å²) < 4.78 is 5.30. The molecule has 1 aromatic carbocycles. The highest BCUT2D eigenvalue weighted by Gasteiger charge is 2.21. The van der Waals surface area contributed by atoms with Crippen LogP contribution in [0.25, 0.3) is 6.08 Å². The minimum atomic E-state index is -0.0672. The molecule has 29 heavy (non-hydrogen) atoms. The second-order valence-electron chi connectivity index (χ2n) is 7.27. The first-order chi connectivity index (χ1) is 14.3. The lowest BCUT2D eigenvalue weighted by Gasteiger charge is -2.34. The first-order valence-electron chi connectivity index (χ1n) is 10.2. The molecular formula is C22H27N5O2. The van der Waals surface area contributed by atoms with E-state index >= 15 is 0 Å². The average Bonchev–Trinajstić information content (AvgIpc) is 2.80. The van der Waals surface area contributed by atoms with Gasteiger partial charge in [-0.3, -0.25) is 9.69 Å². The van der Waals surface area contributed by atoms with Gasteiger partial charge in [0.05, 0.1) is 25.6 Å². The Bertz CT molecular complexity index is 811. The van der Waals surface area contributed by atoms with Gasteiger partial charge in [0.15, 0.2) is 0 Å². The topological polar surface area (TPSA) is 61.8 Å². The summed E-state index contributed by atoms with van der Waals surface area (Å²) in [6.45, 7) is 7.12. The third kappa shape index (κ3) is 5.19. The Morgan fingerprint density at radius 1 is 0.966 bits per heavy atom. The van der Waals surface area contributed by atoms with Gasteiger partial charge in [0.25, 0.3) is 5.91 Å². The van der Waals surface area contributed by atoms with Crippen LogP contribution in [0.15, 0.2) is 48.8 Å². The van der Waals surface area contributed by atoms with Gasteiger partial charge in [-0.05, 0) is 5.56 Å². The number of amides is 1. The van der Waals surface area contributed by atoms with Crippen molar-refractivity contribution >= 4 is 17.8 Å². The Labute approximate surface area is 171 Å². The lowest BCUT2D eigenvalue weighted by atomic mass is 10.2. The monoisotopic (exact) mass is 393 g/mol. The summed E-state index contributed by atoms with van der Waals surface area (Å²) in [6.07, 6.45) is 7.71. The molecule has 7 heteroatoms. The number of nitrogens with zero attached hydrogens (tertiary/aromatic N) is 5. The molecule has 2 aliphatic rings. The van der Waals surface area contributed by atoms with E-state index in [0.29, 0.717) is 32.0 Å². The number of carbonyl (C=O) groups excluding carboxylic acids is 1. The van der Waals surface area contributed by atoms with E-state index in [-0.39, 0.29) is 5.91 Å². The molecule has 2 saturated heterocycles. The number of ether oxygens (including phenoxy) is 1. The molecule has 152 valence electrons. The maximum atomic E-state index is 12.5. The molecule has 0 radical (unpaired) electrons. The number of anilines is 1. The molecule has 2 aliphatic heterocycles. The number of piperazine rings is 1. The van der Waals surface area contributed by atoms with Crippen LogP contribution in [-0.2, 0) is 4.74 Å². The number of morpholine rings is 1. The van der Waals surface area contributed by atoms with E-state index in [2.05, 4.69) is 56.2 Å². The van der Waals surface area contributed by atoms with E-state index in [1.807, 2.05) is 6.07 Å². The standard InChI is InChI=1S/C22H27N5O2/c28-22(27-13-15-29-16-14-27)20-17-24-21(18-23-20)26-11-9-25(10-12-26)8-4-7-19-5-2-1-3-6-19/h1-7,17-18H,8-16H2/b7-4+. The van der Waals surface area contributed by atoms with Gasteiger partial charge in [0, 0.05) is 45.8 Å². The fourth-order valence-electron chi connectivity index (χ4n) is 3.58. The molecule has 0 atom stereocenters. The van der Waals surface area contributed by atoms with Crippen LogP contribution in [0.3, 0.4) is 0 Å². The van der Waals surface area contributed by atoms with E-state index < -0.39 is 0 Å². The van der Waals surface area contributed by atoms with Gasteiger partial charge in [-0.1, -0.05) is 42.5 Å². The largest absolute Gasteiger partial charge is 0.378 e. The minimum Gasteiger partial charge on any atom is -0.378 e. The first kappa shape index (κ1) is 19.5. The van der Waals surface area contributed by atoms with E-state index in [0.717, 1.165) is 38.5 Å². The van der Waals surface area contributed by atoms with Crippen LogP contribution in [0.1, 0.15) is 16.1 Å². The van der Waals surface area contributed by atoms with E-state index in [4.69, 9.17) is 4.74 Å². The number of aromatic nitrogens is 2. The van der Waals surface area contributed by atoms with Crippen molar-refractivity contribution in [3.63, 3.8) is 0 Å². The van der Waals surface area contributed by atoms with Crippen LogP contribution in [-0.4, -0.2) is 84.7 Å². The number of hydrogen-bond acceptors (Lipinski definition) is 6. The summed E-state index contributed by atoms with van der Waals surface area (Å²) in [5.74, 6) is 0.769. The van der Waals surface area contributed by atoms with Crippen molar-refractivity contribution in [1.29, 1.82) is 0 Å². The number of hydrogen-bond donors (Lipinski definition) is 0. The quantitative estimate of drug-likeness (QED) is 0.772. The Kier molecular flexibility index (Phi) is 6.49. The third-order valence-electron chi connectivity index (χ3n) is 5.33. The van der Waals surface area contributed by atoms with E-state index in [1.165, 1.54) is 5.56 Å². The molecule has 0 aliphatic carbocycles. The van der Waals surface area contributed by atoms with Gasteiger partial charge in [-0.2, -0.15) is 0 Å². The maximum Gasteiger partial charge on any atom is 0.274 e. The normalized spacial score (nSPS) is 18.3. The highest BCUT2D eigenvalue weighted by molar-refractivity contribution is 5.92. The number of benzene rings is 1. The van der Waals surface area contributed by atoms with Gasteiger partial charge in [-0.15, -0.1) is 0 Å². The SMILES string of the molecule is O=C(c1cnc(N2CCN(C/C=C/c3ccccc3)CC2)cn1)N1CCOCC1. The molecule has 0 N–H and O–H groups in total. The molecule has 2 aromatic rings. The molecule has 0 spiro atoms. The summed E-state index contributed by atoms with van der Waals surface area (Å²) in [6, 6.07) is 10.4. The second kappa shape index (κ2) is 9.62. The van der Waals surface area contributed by atoms with E-state index in [1.54, 1.807) is 17.3 Å². The molecule has 7 nitrogen and oxygen atoms in total. The van der Waals surface area contributed by atoms with Crippen LogP contribution >= 0.6 is 0 Å². The van der Waals surface area contributed by atoms with Crippen molar-refractivity contribution < 1.29 is 9.53 Å². The van der Waals surface area contributed by atoms with E-state index in [9.17, 15) is 4.79 Å². The molecule has 4 rings (SSSR count). The zero-order chi connectivity index (χ0) is 19.9. The van der Waals surface area contributed by atoms with Crippen LogP contribution in [0.5, 0.6) is 0 Å². The summed E-state index contributed by atoms with van der Waals surface area (Å²) in [4.78, 5) is 27.8. The molecule has 2 fully saturated rings. The van der Waals surface area contributed by atoms with Crippen LogP contribution < -0.4 is 4.90 Å². The predicted octanol–water partition coefficient (Wildman–Crippen LogP) is 1.78. The zero-order valence-electron chi connectivity index (χ0n) is 16.6. The fourth-order valence-corrected chi connectivity index (χ4v) is 3.58. The second-order valence-corrected chi connectivity index (χ2v) is 7.27. The van der Waals surface area contributed by atoms with Gasteiger partial charge in [0.2, 0.25) is 0 Å². The Morgan fingerprint density at radius 2 is 1.72 bits per heavy atom. The summed E-state index contributed by atoms with van der Waals surface area (Å²) in [5, 5.41) is 0. The molecule has 0 bridgehead atoms. The lowest BCUT2D eigenvalue weighted by Crippen LogP contribution is -2.46. The van der Waals surface area contributed by atoms with Crippen molar-refractivity contribution in [2.24, 2.45) is 0 Å². The molecule has 0 unspecified atom stereocenters. The highest BCUT2D eigenvalue weighted by Crippen LogP contribution is 2.14. The van der Waals surface area contributed by atoms with Crippen LogP contribution in [0, 0.1) is 0 Å². The average molecular weight is 393 g/mol. The lowest BCUT2D eigenvalue weighted by molar-refractivity contribution is 0.0298. The Hall–Kier alpha value is -2.77. The predicted molar refractivity (Wildman–Crippen MR) is 113 cm³/mol. The van der Waals surface area contributed by atoms with Crippen LogP contribution in [0.4, 0.5) is 5.82 Å². The van der Waals surface area contributed by atoms with Gasteiger partial charge >= 0.3 is 0 Å². The molecule has 0 saturated carbocycles. The van der Waals surface area contributed by atoms with Crippen LogP contribution in [0.2, 0.25) is 0 Å². The molecule has 1 amide bonds. The smallest absolute Gasteiger partial charge is 0.274 e.